The van der Waals surface area contributed by atoms with Crippen LogP contribution in [-0.4, -0.2) is 0 Å². The van der Waals surface area contributed by atoms with E-state index in [-0.39, 0.29) is 10.8 Å². The summed E-state index contributed by atoms with van der Waals surface area (Å²) in [6.45, 7) is 13.7. The first kappa shape index (κ1) is 15.6. The fourth-order valence-electron chi connectivity index (χ4n) is 2.58. The van der Waals surface area contributed by atoms with Gasteiger partial charge in [-0.25, -0.2) is 0 Å². The summed E-state index contributed by atoms with van der Waals surface area (Å²) in [4.78, 5) is 0. The summed E-state index contributed by atoms with van der Waals surface area (Å²) in [6, 6.07) is 17.1. The molecule has 0 aromatic heterocycles. The second kappa shape index (κ2) is 5.55. The molecule has 112 valence electrons. The van der Waals surface area contributed by atoms with E-state index in [2.05, 4.69) is 89.3 Å². The SMILES string of the molecule is CC(C)(C)c1ccc(Nc2ccccc2)cc1C(C)(C)C. The summed E-state index contributed by atoms with van der Waals surface area (Å²) < 4.78 is 0. The van der Waals surface area contributed by atoms with Crippen molar-refractivity contribution in [2.24, 2.45) is 0 Å². The van der Waals surface area contributed by atoms with Gasteiger partial charge in [-0.1, -0.05) is 65.8 Å². The highest BCUT2D eigenvalue weighted by Crippen LogP contribution is 2.36. The van der Waals surface area contributed by atoms with Crippen molar-refractivity contribution < 1.29 is 0 Å². The van der Waals surface area contributed by atoms with Crippen molar-refractivity contribution in [3.8, 4) is 0 Å². The van der Waals surface area contributed by atoms with Crippen LogP contribution in [0.3, 0.4) is 0 Å². The van der Waals surface area contributed by atoms with Gasteiger partial charge in [-0.15, -0.1) is 0 Å². The van der Waals surface area contributed by atoms with Crippen molar-refractivity contribution in [3.05, 3.63) is 59.7 Å². The Kier molecular flexibility index (Phi) is 4.13. The van der Waals surface area contributed by atoms with E-state index in [9.17, 15) is 0 Å². The summed E-state index contributed by atoms with van der Waals surface area (Å²) in [6.07, 6.45) is 0. The van der Waals surface area contributed by atoms with Crippen LogP contribution in [-0.2, 0) is 10.8 Å². The zero-order chi connectivity index (χ0) is 15.7. The number of anilines is 2. The van der Waals surface area contributed by atoms with Crippen LogP contribution >= 0.6 is 0 Å². The van der Waals surface area contributed by atoms with Gasteiger partial charge in [0.05, 0.1) is 0 Å². The molecule has 0 bridgehead atoms. The fraction of sp³-hybridized carbons (Fsp3) is 0.400. The van der Waals surface area contributed by atoms with Crippen LogP contribution in [0.25, 0.3) is 0 Å². The zero-order valence-corrected chi connectivity index (χ0v) is 14.1. The minimum absolute atomic E-state index is 0.136. The Bertz CT molecular complexity index is 598. The summed E-state index contributed by atoms with van der Waals surface area (Å²) in [7, 11) is 0. The third kappa shape index (κ3) is 3.87. The molecule has 0 atom stereocenters. The van der Waals surface area contributed by atoms with Crippen LogP contribution in [0, 0.1) is 0 Å². The monoisotopic (exact) mass is 281 g/mol. The van der Waals surface area contributed by atoms with Gasteiger partial charge in [-0.2, -0.15) is 0 Å². The molecule has 0 unspecified atom stereocenters. The molecule has 2 rings (SSSR count). The Morgan fingerprint density at radius 2 is 1.19 bits per heavy atom. The Labute approximate surface area is 129 Å². The Balaban J connectivity index is 2.43. The van der Waals surface area contributed by atoms with Crippen molar-refractivity contribution in [1.29, 1.82) is 0 Å². The first-order valence-corrected chi connectivity index (χ1v) is 7.65. The Hall–Kier alpha value is -1.76. The van der Waals surface area contributed by atoms with E-state index >= 15 is 0 Å². The van der Waals surface area contributed by atoms with E-state index in [0.717, 1.165) is 11.4 Å². The van der Waals surface area contributed by atoms with Crippen molar-refractivity contribution in [3.63, 3.8) is 0 Å². The van der Waals surface area contributed by atoms with Gasteiger partial charge in [0, 0.05) is 11.4 Å². The highest BCUT2D eigenvalue weighted by atomic mass is 14.9. The van der Waals surface area contributed by atoms with E-state index in [1.54, 1.807) is 0 Å². The van der Waals surface area contributed by atoms with Gasteiger partial charge < -0.3 is 5.32 Å². The first-order valence-electron chi connectivity index (χ1n) is 7.65. The fourth-order valence-corrected chi connectivity index (χ4v) is 2.58. The summed E-state index contributed by atoms with van der Waals surface area (Å²) in [5.74, 6) is 0. The molecule has 0 aliphatic heterocycles. The summed E-state index contributed by atoms with van der Waals surface area (Å²) in [5, 5.41) is 3.50. The van der Waals surface area contributed by atoms with Crippen molar-refractivity contribution in [2.75, 3.05) is 5.32 Å². The highest BCUT2D eigenvalue weighted by Gasteiger charge is 2.25. The molecule has 1 heteroatoms. The molecular formula is C20H27N. The van der Waals surface area contributed by atoms with Crippen LogP contribution in [0.5, 0.6) is 0 Å². The van der Waals surface area contributed by atoms with E-state index in [4.69, 9.17) is 0 Å². The third-order valence-corrected chi connectivity index (χ3v) is 3.70. The molecule has 0 aliphatic carbocycles. The smallest absolute Gasteiger partial charge is 0.0387 e. The Morgan fingerprint density at radius 1 is 0.619 bits per heavy atom. The number of rotatable bonds is 2. The van der Waals surface area contributed by atoms with E-state index < -0.39 is 0 Å². The average Bonchev–Trinajstić information content (AvgIpc) is 2.37. The molecule has 0 fully saturated rings. The lowest BCUT2D eigenvalue weighted by atomic mass is 9.75. The molecule has 1 N–H and O–H groups in total. The number of para-hydroxylation sites is 1. The van der Waals surface area contributed by atoms with Crippen LogP contribution in [0.2, 0.25) is 0 Å². The largest absolute Gasteiger partial charge is 0.356 e. The lowest BCUT2D eigenvalue weighted by Crippen LogP contribution is -2.22. The standard InChI is InChI=1S/C20H27N/c1-19(2,3)17-13-12-16(14-18(17)20(4,5)6)21-15-10-8-7-9-11-15/h7-14,21H,1-6H3. The molecule has 0 saturated carbocycles. The number of hydrogen-bond acceptors (Lipinski definition) is 1. The van der Waals surface area contributed by atoms with Gasteiger partial charge in [-0.3, -0.25) is 0 Å². The zero-order valence-electron chi connectivity index (χ0n) is 14.1. The number of benzene rings is 2. The minimum Gasteiger partial charge on any atom is -0.356 e. The maximum atomic E-state index is 3.50. The van der Waals surface area contributed by atoms with Crippen molar-refractivity contribution >= 4 is 11.4 Å². The lowest BCUT2D eigenvalue weighted by Gasteiger charge is -2.30. The summed E-state index contributed by atoms with van der Waals surface area (Å²) >= 11 is 0. The normalized spacial score (nSPS) is 12.3. The quantitative estimate of drug-likeness (QED) is 0.709. The molecule has 21 heavy (non-hydrogen) atoms. The topological polar surface area (TPSA) is 12.0 Å². The predicted molar refractivity (Wildman–Crippen MR) is 93.6 cm³/mol. The molecule has 2 aromatic rings. The molecule has 0 aliphatic rings. The van der Waals surface area contributed by atoms with Gasteiger partial charge in [0.15, 0.2) is 0 Å². The third-order valence-electron chi connectivity index (χ3n) is 3.70. The minimum atomic E-state index is 0.136. The maximum absolute atomic E-state index is 3.50. The van der Waals surface area contributed by atoms with Crippen molar-refractivity contribution in [1.82, 2.24) is 0 Å². The molecule has 1 nitrogen and oxygen atoms in total. The van der Waals surface area contributed by atoms with E-state index in [1.165, 1.54) is 11.1 Å². The molecule has 0 heterocycles. The molecule has 0 radical (unpaired) electrons. The number of hydrogen-bond donors (Lipinski definition) is 1. The van der Waals surface area contributed by atoms with Gasteiger partial charge >= 0.3 is 0 Å². The second-order valence-electron chi connectivity index (χ2n) is 7.75. The molecule has 0 spiro atoms. The average molecular weight is 281 g/mol. The molecular weight excluding hydrogens is 254 g/mol. The molecule has 2 aromatic carbocycles. The van der Waals surface area contributed by atoms with E-state index in [1.807, 2.05) is 6.07 Å². The first-order chi connectivity index (χ1) is 9.68. The van der Waals surface area contributed by atoms with Gasteiger partial charge in [-0.05, 0) is 46.2 Å². The summed E-state index contributed by atoms with van der Waals surface area (Å²) in [5.41, 5.74) is 5.41. The van der Waals surface area contributed by atoms with Crippen molar-refractivity contribution in [2.45, 2.75) is 52.4 Å². The lowest BCUT2D eigenvalue weighted by molar-refractivity contribution is 0.530. The second-order valence-corrected chi connectivity index (χ2v) is 7.75. The maximum Gasteiger partial charge on any atom is 0.0387 e. The van der Waals surface area contributed by atoms with E-state index in [0.29, 0.717) is 0 Å². The van der Waals surface area contributed by atoms with Crippen LogP contribution in [0.4, 0.5) is 11.4 Å². The van der Waals surface area contributed by atoms with Gasteiger partial charge in [0.1, 0.15) is 0 Å². The predicted octanol–water partition coefficient (Wildman–Crippen LogP) is 6.03. The number of nitrogens with one attached hydrogen (secondary N) is 1. The van der Waals surface area contributed by atoms with Gasteiger partial charge in [0.2, 0.25) is 0 Å². The van der Waals surface area contributed by atoms with Crippen LogP contribution in [0.15, 0.2) is 48.5 Å². The Morgan fingerprint density at radius 3 is 1.71 bits per heavy atom. The van der Waals surface area contributed by atoms with Gasteiger partial charge in [0.25, 0.3) is 0 Å². The highest BCUT2D eigenvalue weighted by molar-refractivity contribution is 5.62. The molecule has 0 saturated heterocycles. The molecule has 0 amide bonds. The van der Waals surface area contributed by atoms with Crippen LogP contribution in [0.1, 0.15) is 52.7 Å². The van der Waals surface area contributed by atoms with Crippen LogP contribution < -0.4 is 5.32 Å².